The number of amides is 1. The van der Waals surface area contributed by atoms with Crippen LogP contribution < -0.4 is 0 Å². The van der Waals surface area contributed by atoms with Gasteiger partial charge in [-0.3, -0.25) is 9.89 Å². The molecule has 2 aliphatic rings. The molecule has 23 heavy (non-hydrogen) atoms. The lowest BCUT2D eigenvalue weighted by Crippen LogP contribution is -2.33. The number of aromatic amines is 1. The number of rotatable bonds is 4. The standard InChI is InChI=1S/C18H22N4O/c1-21(2)9-15-16-10-22(11-17(15)16)18(23)13-5-3-4-12(6-13)14-7-19-20-8-14/h3-8,15-17H,9-11H2,1-2H3,(H,19,20)/t15?,16-,17+. The zero-order chi connectivity index (χ0) is 16.0. The van der Waals surface area contributed by atoms with Crippen molar-refractivity contribution in [2.75, 3.05) is 33.7 Å². The van der Waals surface area contributed by atoms with Crippen molar-refractivity contribution in [1.82, 2.24) is 20.0 Å². The van der Waals surface area contributed by atoms with Gasteiger partial charge >= 0.3 is 0 Å². The summed E-state index contributed by atoms with van der Waals surface area (Å²) < 4.78 is 0. The number of fused-ring (bicyclic) bond motifs is 1. The van der Waals surface area contributed by atoms with E-state index in [1.807, 2.05) is 35.4 Å². The summed E-state index contributed by atoms with van der Waals surface area (Å²) >= 11 is 0. The molecule has 0 spiro atoms. The first-order valence-electron chi connectivity index (χ1n) is 8.16. The lowest BCUT2D eigenvalue weighted by atomic mass is 10.1. The molecule has 1 saturated carbocycles. The highest BCUT2D eigenvalue weighted by Gasteiger charge is 2.56. The lowest BCUT2D eigenvalue weighted by molar-refractivity contribution is 0.0765. The number of carbonyl (C=O) groups is 1. The maximum absolute atomic E-state index is 12.8. The Morgan fingerprint density at radius 2 is 2.09 bits per heavy atom. The number of carbonyl (C=O) groups excluding carboxylic acids is 1. The molecule has 1 aromatic heterocycles. The third kappa shape index (κ3) is 2.65. The Morgan fingerprint density at radius 1 is 1.30 bits per heavy atom. The number of hydrogen-bond donors (Lipinski definition) is 1. The minimum atomic E-state index is 0.158. The molecule has 0 bridgehead atoms. The highest BCUT2D eigenvalue weighted by atomic mass is 16.2. The van der Waals surface area contributed by atoms with E-state index in [4.69, 9.17) is 0 Å². The second kappa shape index (κ2) is 5.49. The van der Waals surface area contributed by atoms with Gasteiger partial charge in [-0.15, -0.1) is 0 Å². The van der Waals surface area contributed by atoms with Crippen LogP contribution in [0, 0.1) is 17.8 Å². The van der Waals surface area contributed by atoms with Crippen LogP contribution in [0.25, 0.3) is 11.1 Å². The van der Waals surface area contributed by atoms with Crippen LogP contribution in [-0.2, 0) is 0 Å². The number of aromatic nitrogens is 2. The molecule has 1 N–H and O–H groups in total. The van der Waals surface area contributed by atoms with E-state index < -0.39 is 0 Å². The van der Waals surface area contributed by atoms with Gasteiger partial charge in [-0.1, -0.05) is 12.1 Å². The predicted molar refractivity (Wildman–Crippen MR) is 89.0 cm³/mol. The zero-order valence-corrected chi connectivity index (χ0v) is 13.6. The van der Waals surface area contributed by atoms with Gasteiger partial charge in [0.25, 0.3) is 5.91 Å². The first-order chi connectivity index (χ1) is 11.1. The minimum absolute atomic E-state index is 0.158. The van der Waals surface area contributed by atoms with Crippen LogP contribution in [0.4, 0.5) is 0 Å². The summed E-state index contributed by atoms with van der Waals surface area (Å²) in [7, 11) is 4.25. The van der Waals surface area contributed by atoms with Crippen molar-refractivity contribution in [3.63, 3.8) is 0 Å². The van der Waals surface area contributed by atoms with E-state index in [1.165, 1.54) is 0 Å². The Bertz CT molecular complexity index is 698. The molecule has 0 radical (unpaired) electrons. The summed E-state index contributed by atoms with van der Waals surface area (Å²) in [5.74, 6) is 2.36. The van der Waals surface area contributed by atoms with Gasteiger partial charge < -0.3 is 9.80 Å². The zero-order valence-electron chi connectivity index (χ0n) is 13.6. The first kappa shape index (κ1) is 14.5. The molecule has 1 aliphatic heterocycles. The molecule has 2 fully saturated rings. The lowest BCUT2D eigenvalue weighted by Gasteiger charge is -2.21. The predicted octanol–water partition coefficient (Wildman–Crippen LogP) is 1.96. The summed E-state index contributed by atoms with van der Waals surface area (Å²) in [4.78, 5) is 17.0. The number of H-pyrrole nitrogens is 1. The van der Waals surface area contributed by atoms with Crippen molar-refractivity contribution in [1.29, 1.82) is 0 Å². The van der Waals surface area contributed by atoms with Crippen molar-refractivity contribution >= 4 is 5.91 Å². The van der Waals surface area contributed by atoms with Gasteiger partial charge in [0, 0.05) is 37.0 Å². The Balaban J connectivity index is 1.44. The minimum Gasteiger partial charge on any atom is -0.338 e. The molecule has 1 unspecified atom stereocenters. The third-order valence-corrected chi connectivity index (χ3v) is 5.18. The fraction of sp³-hybridized carbons (Fsp3) is 0.444. The van der Waals surface area contributed by atoms with Gasteiger partial charge in [0.15, 0.2) is 0 Å². The molecule has 4 rings (SSSR count). The molecule has 5 heteroatoms. The summed E-state index contributed by atoms with van der Waals surface area (Å²) in [6, 6.07) is 7.83. The van der Waals surface area contributed by atoms with Gasteiger partial charge in [0.1, 0.15) is 0 Å². The fourth-order valence-corrected chi connectivity index (χ4v) is 3.93. The maximum Gasteiger partial charge on any atom is 0.253 e. The number of piperidine rings is 1. The van der Waals surface area contributed by atoms with Gasteiger partial charge in [0.2, 0.25) is 0 Å². The Hall–Kier alpha value is -2.14. The SMILES string of the molecule is CN(C)CC1[C@H]2CN(C(=O)c3cccc(-c4cn[nH]c4)c3)C[C@@H]12. The van der Waals surface area contributed by atoms with Crippen molar-refractivity contribution in [2.24, 2.45) is 17.8 Å². The van der Waals surface area contributed by atoms with E-state index in [2.05, 4.69) is 29.2 Å². The molecular weight excluding hydrogens is 288 g/mol. The molecule has 120 valence electrons. The van der Waals surface area contributed by atoms with E-state index in [-0.39, 0.29) is 5.91 Å². The van der Waals surface area contributed by atoms with Crippen molar-refractivity contribution in [2.45, 2.75) is 0 Å². The quantitative estimate of drug-likeness (QED) is 0.939. The van der Waals surface area contributed by atoms with E-state index >= 15 is 0 Å². The highest BCUT2D eigenvalue weighted by molar-refractivity contribution is 5.95. The fourth-order valence-electron chi connectivity index (χ4n) is 3.93. The Morgan fingerprint density at radius 3 is 2.74 bits per heavy atom. The molecule has 2 aromatic rings. The number of benzene rings is 1. The molecule has 1 saturated heterocycles. The summed E-state index contributed by atoms with van der Waals surface area (Å²) in [6.07, 6.45) is 3.63. The number of nitrogens with one attached hydrogen (secondary N) is 1. The van der Waals surface area contributed by atoms with Gasteiger partial charge in [-0.25, -0.2) is 0 Å². The summed E-state index contributed by atoms with van der Waals surface area (Å²) in [5.41, 5.74) is 2.81. The van der Waals surface area contributed by atoms with Gasteiger partial charge in [-0.2, -0.15) is 5.10 Å². The Labute approximate surface area is 136 Å². The molecule has 1 aromatic carbocycles. The largest absolute Gasteiger partial charge is 0.338 e. The average Bonchev–Trinajstić information content (AvgIpc) is 3.00. The van der Waals surface area contributed by atoms with Crippen LogP contribution in [-0.4, -0.2) is 59.6 Å². The van der Waals surface area contributed by atoms with E-state index in [0.717, 1.165) is 42.2 Å². The number of likely N-dealkylation sites (tertiary alicyclic amines) is 1. The molecule has 3 atom stereocenters. The topological polar surface area (TPSA) is 52.2 Å². The van der Waals surface area contributed by atoms with E-state index in [1.54, 1.807) is 6.20 Å². The normalized spacial score (nSPS) is 25.7. The molecule has 2 heterocycles. The first-order valence-corrected chi connectivity index (χ1v) is 8.16. The molecule has 1 aliphatic carbocycles. The van der Waals surface area contributed by atoms with Crippen LogP contribution in [0.15, 0.2) is 36.7 Å². The monoisotopic (exact) mass is 310 g/mol. The van der Waals surface area contributed by atoms with Crippen LogP contribution >= 0.6 is 0 Å². The molecule has 1 amide bonds. The third-order valence-electron chi connectivity index (χ3n) is 5.18. The smallest absolute Gasteiger partial charge is 0.253 e. The molecular formula is C18H22N4O. The molecule has 5 nitrogen and oxygen atoms in total. The van der Waals surface area contributed by atoms with Crippen molar-refractivity contribution in [3.8, 4) is 11.1 Å². The van der Waals surface area contributed by atoms with Crippen molar-refractivity contribution < 1.29 is 4.79 Å². The summed E-state index contributed by atoms with van der Waals surface area (Å²) in [6.45, 7) is 2.98. The highest BCUT2D eigenvalue weighted by Crippen LogP contribution is 2.52. The maximum atomic E-state index is 12.8. The van der Waals surface area contributed by atoms with Crippen LogP contribution in [0.5, 0.6) is 0 Å². The van der Waals surface area contributed by atoms with E-state index in [9.17, 15) is 4.79 Å². The second-order valence-corrected chi connectivity index (χ2v) is 7.03. The Kier molecular flexibility index (Phi) is 3.45. The summed E-state index contributed by atoms with van der Waals surface area (Å²) in [5, 5.41) is 6.79. The van der Waals surface area contributed by atoms with Crippen molar-refractivity contribution in [3.05, 3.63) is 42.2 Å². The second-order valence-electron chi connectivity index (χ2n) is 7.03. The van der Waals surface area contributed by atoms with Gasteiger partial charge in [-0.05, 0) is 49.5 Å². The van der Waals surface area contributed by atoms with Crippen LogP contribution in [0.1, 0.15) is 10.4 Å². The van der Waals surface area contributed by atoms with Crippen LogP contribution in [0.3, 0.4) is 0 Å². The van der Waals surface area contributed by atoms with Gasteiger partial charge in [0.05, 0.1) is 6.20 Å². The van der Waals surface area contributed by atoms with E-state index in [0.29, 0.717) is 11.8 Å². The number of hydrogen-bond acceptors (Lipinski definition) is 3. The average molecular weight is 310 g/mol. The van der Waals surface area contributed by atoms with Crippen LogP contribution in [0.2, 0.25) is 0 Å². The number of nitrogens with zero attached hydrogens (tertiary/aromatic N) is 3.